The summed E-state index contributed by atoms with van der Waals surface area (Å²) in [4.78, 5) is 34.5. The molecule has 0 saturated carbocycles. The highest BCUT2D eigenvalue weighted by Crippen LogP contribution is 2.35. The topological polar surface area (TPSA) is 125 Å². The van der Waals surface area contributed by atoms with E-state index >= 15 is 0 Å². The van der Waals surface area contributed by atoms with E-state index in [1.165, 1.54) is 12.1 Å². The predicted octanol–water partition coefficient (Wildman–Crippen LogP) is 4.40. The quantitative estimate of drug-likeness (QED) is 0.314. The Hall–Kier alpha value is -4.33. The summed E-state index contributed by atoms with van der Waals surface area (Å²) in [6.45, 7) is 3.51. The molecule has 8 nitrogen and oxygen atoms in total. The van der Waals surface area contributed by atoms with Gasteiger partial charge in [-0.1, -0.05) is 30.3 Å². The van der Waals surface area contributed by atoms with Gasteiger partial charge < -0.3 is 25.6 Å². The Morgan fingerprint density at radius 2 is 1.58 bits per heavy atom. The Morgan fingerprint density at radius 1 is 0.909 bits per heavy atom. The van der Waals surface area contributed by atoms with E-state index < -0.39 is 11.9 Å². The molecule has 3 aromatic rings. The van der Waals surface area contributed by atoms with E-state index in [9.17, 15) is 19.5 Å². The van der Waals surface area contributed by atoms with Crippen molar-refractivity contribution >= 4 is 29.2 Å². The van der Waals surface area contributed by atoms with E-state index in [2.05, 4.69) is 10.6 Å². The normalized spacial score (nSPS) is 10.4. The van der Waals surface area contributed by atoms with Gasteiger partial charge in [0.15, 0.2) is 0 Å². The third-order valence-electron chi connectivity index (χ3n) is 4.86. The van der Waals surface area contributed by atoms with Crippen molar-refractivity contribution in [2.45, 2.75) is 26.7 Å². The van der Waals surface area contributed by atoms with E-state index in [1.54, 1.807) is 32.0 Å². The zero-order valence-corrected chi connectivity index (χ0v) is 18.2. The number of aliphatic carboxylic acids is 1. The van der Waals surface area contributed by atoms with E-state index in [0.29, 0.717) is 34.7 Å². The van der Waals surface area contributed by atoms with Gasteiger partial charge in [0.25, 0.3) is 0 Å². The molecule has 0 fully saturated rings. The third-order valence-corrected chi connectivity index (χ3v) is 4.86. The fraction of sp³-hybridized carbons (Fsp3) is 0.160. The average Bonchev–Trinajstić information content (AvgIpc) is 2.77. The number of rotatable bonds is 7. The van der Waals surface area contributed by atoms with Gasteiger partial charge in [0.05, 0.1) is 5.69 Å². The fourth-order valence-corrected chi connectivity index (χ4v) is 3.28. The molecule has 0 aliphatic heterocycles. The van der Waals surface area contributed by atoms with Crippen LogP contribution in [0.15, 0.2) is 60.7 Å². The molecule has 0 unspecified atom stereocenters. The lowest BCUT2D eigenvalue weighted by Crippen LogP contribution is -2.21. The Balaban J connectivity index is 1.71. The summed E-state index contributed by atoms with van der Waals surface area (Å²) in [6.07, 6.45) is 0.836. The summed E-state index contributed by atoms with van der Waals surface area (Å²) >= 11 is 0. The molecule has 2 amide bonds. The highest BCUT2D eigenvalue weighted by Gasteiger charge is 2.15. The number of phenols is 1. The van der Waals surface area contributed by atoms with Crippen LogP contribution in [0, 0.1) is 13.8 Å². The monoisotopic (exact) mass is 448 g/mol. The first-order valence-corrected chi connectivity index (χ1v) is 10.2. The van der Waals surface area contributed by atoms with Crippen LogP contribution in [0.25, 0.3) is 0 Å². The zero-order chi connectivity index (χ0) is 24.0. The number of nitrogens with one attached hydrogen (secondary N) is 2. The standard InChI is InChI=1S/C25H24N2O6/c1-15-12-18(26-24(30)25(31)32)13-16(2)23(15)33-19-9-10-21(28)20(14-19)27-22(29)11-8-17-6-4-3-5-7-17/h3-7,9-10,12-14,28H,8,11H2,1-2H3,(H,26,30)(H,27,29)(H,31,32). The number of ether oxygens (including phenoxy) is 1. The second kappa shape index (κ2) is 10.3. The summed E-state index contributed by atoms with van der Waals surface area (Å²) in [5, 5.41) is 23.9. The summed E-state index contributed by atoms with van der Waals surface area (Å²) in [5.74, 6) is -2.13. The van der Waals surface area contributed by atoms with Gasteiger partial charge in [0.2, 0.25) is 5.91 Å². The molecule has 0 atom stereocenters. The maximum Gasteiger partial charge on any atom is 0.394 e. The number of hydrogen-bond acceptors (Lipinski definition) is 5. The van der Waals surface area contributed by atoms with Crippen molar-refractivity contribution in [2.24, 2.45) is 0 Å². The number of anilines is 2. The molecule has 170 valence electrons. The van der Waals surface area contributed by atoms with Crippen LogP contribution in [0.1, 0.15) is 23.1 Å². The van der Waals surface area contributed by atoms with Crippen molar-refractivity contribution in [3.8, 4) is 17.2 Å². The van der Waals surface area contributed by atoms with Gasteiger partial charge in [-0.3, -0.25) is 9.59 Å². The third kappa shape index (κ3) is 6.33. The Bertz CT molecular complexity index is 1170. The number of carbonyl (C=O) groups is 3. The molecule has 0 spiro atoms. The van der Waals surface area contributed by atoms with Crippen LogP contribution in [-0.4, -0.2) is 28.0 Å². The van der Waals surface area contributed by atoms with Crippen LogP contribution in [-0.2, 0) is 20.8 Å². The molecule has 8 heteroatoms. The molecule has 4 N–H and O–H groups in total. The maximum absolute atomic E-state index is 12.4. The fourth-order valence-electron chi connectivity index (χ4n) is 3.28. The molecule has 0 heterocycles. The highest BCUT2D eigenvalue weighted by molar-refractivity contribution is 6.36. The Labute approximate surface area is 190 Å². The lowest BCUT2D eigenvalue weighted by atomic mass is 10.1. The molecule has 0 radical (unpaired) electrons. The first-order valence-electron chi connectivity index (χ1n) is 10.2. The zero-order valence-electron chi connectivity index (χ0n) is 18.2. The van der Waals surface area contributed by atoms with E-state index in [1.807, 2.05) is 30.3 Å². The van der Waals surface area contributed by atoms with Crippen LogP contribution in [0.2, 0.25) is 0 Å². The molecule has 3 rings (SSSR count). The van der Waals surface area contributed by atoms with Gasteiger partial charge in [0.1, 0.15) is 17.2 Å². The SMILES string of the molecule is Cc1cc(NC(=O)C(=O)O)cc(C)c1Oc1ccc(O)c(NC(=O)CCc2ccccc2)c1. The second-order valence-corrected chi connectivity index (χ2v) is 7.51. The van der Waals surface area contributed by atoms with Gasteiger partial charge in [-0.2, -0.15) is 0 Å². The minimum absolute atomic E-state index is 0.0874. The number of carboxylic acid groups (broad SMARTS) is 1. The molecule has 0 aliphatic carbocycles. The number of aromatic hydroxyl groups is 1. The van der Waals surface area contributed by atoms with Gasteiger partial charge in [-0.05, 0) is 61.2 Å². The van der Waals surface area contributed by atoms with E-state index in [0.717, 1.165) is 5.56 Å². The van der Waals surface area contributed by atoms with Crippen LogP contribution in [0.5, 0.6) is 17.2 Å². The van der Waals surface area contributed by atoms with Crippen molar-refractivity contribution < 1.29 is 29.3 Å². The maximum atomic E-state index is 12.4. The number of aryl methyl sites for hydroxylation is 3. The Kier molecular flexibility index (Phi) is 7.30. The second-order valence-electron chi connectivity index (χ2n) is 7.51. The van der Waals surface area contributed by atoms with Crippen molar-refractivity contribution in [1.29, 1.82) is 0 Å². The molecule has 0 aliphatic rings. The molecular weight excluding hydrogens is 424 g/mol. The number of phenolic OH excluding ortho intramolecular Hbond substituents is 1. The molecule has 33 heavy (non-hydrogen) atoms. The molecular formula is C25H24N2O6. The molecule has 3 aromatic carbocycles. The molecule has 0 aromatic heterocycles. The minimum Gasteiger partial charge on any atom is -0.506 e. The summed E-state index contributed by atoms with van der Waals surface area (Å²) < 4.78 is 5.96. The predicted molar refractivity (Wildman–Crippen MR) is 124 cm³/mol. The summed E-state index contributed by atoms with van der Waals surface area (Å²) in [5.41, 5.74) is 2.94. The highest BCUT2D eigenvalue weighted by atomic mass is 16.5. The first-order chi connectivity index (χ1) is 15.7. The van der Waals surface area contributed by atoms with Gasteiger partial charge in [-0.15, -0.1) is 0 Å². The largest absolute Gasteiger partial charge is 0.506 e. The smallest absolute Gasteiger partial charge is 0.394 e. The van der Waals surface area contributed by atoms with Crippen molar-refractivity contribution in [3.63, 3.8) is 0 Å². The van der Waals surface area contributed by atoms with Crippen molar-refractivity contribution in [3.05, 3.63) is 77.4 Å². The average molecular weight is 448 g/mol. The van der Waals surface area contributed by atoms with E-state index in [-0.39, 0.29) is 23.8 Å². The number of hydrogen-bond donors (Lipinski definition) is 4. The van der Waals surface area contributed by atoms with Gasteiger partial charge >= 0.3 is 11.9 Å². The lowest BCUT2D eigenvalue weighted by molar-refractivity contribution is -0.147. The van der Waals surface area contributed by atoms with Crippen LogP contribution in [0.4, 0.5) is 11.4 Å². The lowest BCUT2D eigenvalue weighted by Gasteiger charge is -2.15. The van der Waals surface area contributed by atoms with Crippen molar-refractivity contribution in [2.75, 3.05) is 10.6 Å². The van der Waals surface area contributed by atoms with Crippen LogP contribution in [0.3, 0.4) is 0 Å². The van der Waals surface area contributed by atoms with E-state index in [4.69, 9.17) is 9.84 Å². The van der Waals surface area contributed by atoms with Gasteiger partial charge in [-0.25, -0.2) is 4.79 Å². The number of carboxylic acids is 1. The molecule has 0 bridgehead atoms. The van der Waals surface area contributed by atoms with Gasteiger partial charge in [0, 0.05) is 18.2 Å². The molecule has 0 saturated heterocycles. The number of carbonyl (C=O) groups excluding carboxylic acids is 2. The van der Waals surface area contributed by atoms with Crippen LogP contribution >= 0.6 is 0 Å². The number of benzene rings is 3. The minimum atomic E-state index is -1.58. The first kappa shape index (κ1) is 23.3. The Morgan fingerprint density at radius 3 is 2.21 bits per heavy atom. The summed E-state index contributed by atoms with van der Waals surface area (Å²) in [7, 11) is 0. The summed E-state index contributed by atoms with van der Waals surface area (Å²) in [6, 6.07) is 17.3. The van der Waals surface area contributed by atoms with Crippen LogP contribution < -0.4 is 15.4 Å². The van der Waals surface area contributed by atoms with Crippen molar-refractivity contribution in [1.82, 2.24) is 0 Å². The number of amides is 2.